The zero-order valence-electron chi connectivity index (χ0n) is 5.82. The fourth-order valence-corrected chi connectivity index (χ4v) is 0.762. The van der Waals surface area contributed by atoms with E-state index in [0.29, 0.717) is 19.8 Å². The second-order valence-corrected chi connectivity index (χ2v) is 2.09. The molecule has 1 saturated heterocycles. The number of rotatable bonds is 3. The van der Waals surface area contributed by atoms with Gasteiger partial charge in [-0.3, -0.25) is 5.01 Å². The van der Waals surface area contributed by atoms with E-state index >= 15 is 0 Å². The molecule has 1 aliphatic rings. The van der Waals surface area contributed by atoms with Gasteiger partial charge in [0, 0.05) is 7.05 Å². The second kappa shape index (κ2) is 3.48. The fourth-order valence-electron chi connectivity index (χ4n) is 0.762. The standard InChI is InChI=1S/C5H10N2O3/c1-7(6-8)4-5-9-2-3-10-5/h5H,2-4H2,1H3. The summed E-state index contributed by atoms with van der Waals surface area (Å²) in [6.07, 6.45) is -0.275. The van der Waals surface area contributed by atoms with Gasteiger partial charge in [-0.05, 0) is 0 Å². The largest absolute Gasteiger partial charge is 0.348 e. The Morgan fingerprint density at radius 2 is 2.20 bits per heavy atom. The summed E-state index contributed by atoms with van der Waals surface area (Å²) < 4.78 is 10.1. The number of ether oxygens (including phenoxy) is 2. The van der Waals surface area contributed by atoms with E-state index in [4.69, 9.17) is 9.47 Å². The highest BCUT2D eigenvalue weighted by molar-refractivity contribution is 4.54. The lowest BCUT2D eigenvalue weighted by atomic mass is 10.6. The van der Waals surface area contributed by atoms with Crippen LogP contribution in [-0.4, -0.2) is 38.1 Å². The smallest absolute Gasteiger partial charge is 0.176 e. The summed E-state index contributed by atoms with van der Waals surface area (Å²) in [6, 6.07) is 0. The zero-order valence-corrected chi connectivity index (χ0v) is 5.82. The van der Waals surface area contributed by atoms with Gasteiger partial charge in [0.15, 0.2) is 6.29 Å². The Bertz CT molecular complexity index is 113. The highest BCUT2D eigenvalue weighted by atomic mass is 16.7. The number of hydrogen-bond donors (Lipinski definition) is 0. The minimum absolute atomic E-state index is 0.275. The predicted octanol–water partition coefficient (Wildman–Crippen LogP) is -0.0275. The van der Waals surface area contributed by atoms with Gasteiger partial charge in [-0.1, -0.05) is 0 Å². The highest BCUT2D eigenvalue weighted by Crippen LogP contribution is 2.04. The normalized spacial score (nSPS) is 19.3. The van der Waals surface area contributed by atoms with Crippen molar-refractivity contribution in [2.45, 2.75) is 6.29 Å². The van der Waals surface area contributed by atoms with Gasteiger partial charge < -0.3 is 9.47 Å². The van der Waals surface area contributed by atoms with Crippen LogP contribution in [0.3, 0.4) is 0 Å². The lowest BCUT2D eigenvalue weighted by Gasteiger charge is -2.12. The fraction of sp³-hybridized carbons (Fsp3) is 1.00. The van der Waals surface area contributed by atoms with Gasteiger partial charge in [0.25, 0.3) is 0 Å². The van der Waals surface area contributed by atoms with Crippen LogP contribution < -0.4 is 0 Å². The first kappa shape index (κ1) is 7.43. The lowest BCUT2D eigenvalue weighted by molar-refractivity contribution is -0.0581. The summed E-state index contributed by atoms with van der Waals surface area (Å²) in [5, 5.41) is 3.92. The van der Waals surface area contributed by atoms with E-state index in [1.807, 2.05) is 0 Å². The van der Waals surface area contributed by atoms with Gasteiger partial charge in [0.1, 0.15) is 0 Å². The van der Waals surface area contributed by atoms with E-state index in [2.05, 4.69) is 5.29 Å². The van der Waals surface area contributed by atoms with Crippen molar-refractivity contribution in [1.29, 1.82) is 0 Å². The van der Waals surface area contributed by atoms with Crippen LogP contribution in [0, 0.1) is 4.91 Å². The molecule has 1 heterocycles. The van der Waals surface area contributed by atoms with Crippen molar-refractivity contribution in [2.24, 2.45) is 5.29 Å². The van der Waals surface area contributed by atoms with Crippen molar-refractivity contribution in [3.63, 3.8) is 0 Å². The van der Waals surface area contributed by atoms with Gasteiger partial charge >= 0.3 is 0 Å². The number of likely N-dealkylation sites (N-methyl/N-ethyl adjacent to an activating group) is 1. The number of hydrogen-bond acceptors (Lipinski definition) is 4. The molecule has 1 aliphatic heterocycles. The molecule has 1 fully saturated rings. The first-order valence-corrected chi connectivity index (χ1v) is 3.10. The van der Waals surface area contributed by atoms with Crippen molar-refractivity contribution < 1.29 is 9.47 Å². The third kappa shape index (κ3) is 1.93. The minimum atomic E-state index is -0.275. The van der Waals surface area contributed by atoms with Crippen LogP contribution in [-0.2, 0) is 9.47 Å². The molecule has 0 aliphatic carbocycles. The van der Waals surface area contributed by atoms with Gasteiger partial charge in [-0.25, -0.2) is 0 Å². The van der Waals surface area contributed by atoms with Crippen molar-refractivity contribution >= 4 is 0 Å². The van der Waals surface area contributed by atoms with Crippen LogP contribution in [0.5, 0.6) is 0 Å². The Morgan fingerprint density at radius 3 is 2.70 bits per heavy atom. The van der Waals surface area contributed by atoms with E-state index in [1.54, 1.807) is 7.05 Å². The summed E-state index contributed by atoms with van der Waals surface area (Å²) >= 11 is 0. The number of nitrogens with zero attached hydrogens (tertiary/aromatic N) is 2. The molecule has 0 bridgehead atoms. The van der Waals surface area contributed by atoms with Crippen molar-refractivity contribution in [1.82, 2.24) is 5.01 Å². The molecule has 10 heavy (non-hydrogen) atoms. The molecule has 0 aromatic carbocycles. The molecule has 0 aromatic heterocycles. The van der Waals surface area contributed by atoms with E-state index in [-0.39, 0.29) is 6.29 Å². The molecular formula is C5H10N2O3. The SMILES string of the molecule is CN(CC1OCCO1)N=O. The molecule has 0 amide bonds. The van der Waals surface area contributed by atoms with Gasteiger partial charge in [0.05, 0.1) is 25.0 Å². The highest BCUT2D eigenvalue weighted by Gasteiger charge is 2.17. The van der Waals surface area contributed by atoms with Crippen LogP contribution >= 0.6 is 0 Å². The molecule has 0 atom stereocenters. The first-order chi connectivity index (χ1) is 4.83. The maximum absolute atomic E-state index is 9.86. The topological polar surface area (TPSA) is 51.1 Å². The Labute approximate surface area is 58.8 Å². The molecule has 0 aromatic rings. The Balaban J connectivity index is 2.17. The summed E-state index contributed by atoms with van der Waals surface area (Å²) in [6.45, 7) is 1.62. The van der Waals surface area contributed by atoms with Gasteiger partial charge in [0.2, 0.25) is 0 Å². The van der Waals surface area contributed by atoms with Crippen LogP contribution in [0.4, 0.5) is 0 Å². The average molecular weight is 146 g/mol. The summed E-state index contributed by atoms with van der Waals surface area (Å²) in [5.41, 5.74) is 0. The van der Waals surface area contributed by atoms with E-state index in [1.165, 1.54) is 5.01 Å². The van der Waals surface area contributed by atoms with E-state index in [0.717, 1.165) is 0 Å². The van der Waals surface area contributed by atoms with Crippen molar-refractivity contribution in [3.8, 4) is 0 Å². The van der Waals surface area contributed by atoms with Crippen LogP contribution in [0.15, 0.2) is 5.29 Å². The first-order valence-electron chi connectivity index (χ1n) is 3.10. The van der Waals surface area contributed by atoms with Crippen LogP contribution in [0.25, 0.3) is 0 Å². The molecule has 0 saturated carbocycles. The third-order valence-electron chi connectivity index (χ3n) is 1.24. The molecule has 58 valence electrons. The second-order valence-electron chi connectivity index (χ2n) is 2.09. The monoisotopic (exact) mass is 146 g/mol. The van der Waals surface area contributed by atoms with Gasteiger partial charge in [-0.15, -0.1) is 4.91 Å². The average Bonchev–Trinajstić information content (AvgIpc) is 2.40. The zero-order chi connectivity index (χ0) is 7.40. The van der Waals surface area contributed by atoms with E-state index < -0.39 is 0 Å². The summed E-state index contributed by atoms with van der Waals surface area (Å²) in [4.78, 5) is 9.86. The van der Waals surface area contributed by atoms with Crippen molar-refractivity contribution in [2.75, 3.05) is 26.8 Å². The number of nitroso groups, excluding NO2 is 1. The molecule has 0 spiro atoms. The third-order valence-corrected chi connectivity index (χ3v) is 1.24. The van der Waals surface area contributed by atoms with Crippen molar-refractivity contribution in [3.05, 3.63) is 4.91 Å². The van der Waals surface area contributed by atoms with E-state index in [9.17, 15) is 4.91 Å². The summed E-state index contributed by atoms with van der Waals surface area (Å²) in [7, 11) is 1.58. The predicted molar refractivity (Wildman–Crippen MR) is 34.1 cm³/mol. The molecule has 0 unspecified atom stereocenters. The maximum atomic E-state index is 9.86. The summed E-state index contributed by atoms with van der Waals surface area (Å²) in [5.74, 6) is 0. The molecule has 5 heteroatoms. The molecule has 0 N–H and O–H groups in total. The Hall–Kier alpha value is -0.680. The molecule has 5 nitrogen and oxygen atoms in total. The Morgan fingerprint density at radius 1 is 1.60 bits per heavy atom. The quantitative estimate of drug-likeness (QED) is 0.414. The van der Waals surface area contributed by atoms with Crippen LogP contribution in [0.1, 0.15) is 0 Å². The minimum Gasteiger partial charge on any atom is -0.348 e. The van der Waals surface area contributed by atoms with Crippen LogP contribution in [0.2, 0.25) is 0 Å². The Kier molecular flexibility index (Phi) is 2.58. The molecular weight excluding hydrogens is 136 g/mol. The maximum Gasteiger partial charge on any atom is 0.176 e. The molecule has 1 rings (SSSR count). The van der Waals surface area contributed by atoms with Gasteiger partial charge in [-0.2, -0.15) is 0 Å². The lowest BCUT2D eigenvalue weighted by Crippen LogP contribution is -2.25. The molecule has 0 radical (unpaired) electrons.